The molecule has 0 aliphatic carbocycles. The molecule has 1 aliphatic heterocycles. The summed E-state index contributed by atoms with van der Waals surface area (Å²) < 4.78 is 28.4. The summed E-state index contributed by atoms with van der Waals surface area (Å²) in [6.07, 6.45) is 0. The summed E-state index contributed by atoms with van der Waals surface area (Å²) in [4.78, 5) is 12.5. The van der Waals surface area contributed by atoms with Crippen LogP contribution >= 0.6 is 0 Å². The van der Waals surface area contributed by atoms with E-state index >= 15 is 0 Å². The van der Waals surface area contributed by atoms with Gasteiger partial charge in [-0.05, 0) is 18.2 Å². The van der Waals surface area contributed by atoms with Gasteiger partial charge in [-0.2, -0.15) is 0 Å². The molecule has 1 heterocycles. The van der Waals surface area contributed by atoms with Gasteiger partial charge in [-0.15, -0.1) is 0 Å². The number of primary sulfonamides is 1. The Morgan fingerprint density at radius 3 is 2.47 bits per heavy atom. The molecule has 0 saturated carbocycles. The van der Waals surface area contributed by atoms with Crippen LogP contribution in [0.2, 0.25) is 0 Å². The van der Waals surface area contributed by atoms with Crippen LogP contribution in [-0.4, -0.2) is 45.8 Å². The molecule has 3 N–H and O–H groups in total. The molecule has 0 spiro atoms. The van der Waals surface area contributed by atoms with E-state index in [9.17, 15) is 13.2 Å². The van der Waals surface area contributed by atoms with Gasteiger partial charge in [0.05, 0.1) is 24.5 Å². The Bertz CT molecular complexity index is 593. The van der Waals surface area contributed by atoms with Crippen molar-refractivity contribution in [1.82, 2.24) is 0 Å². The topological polar surface area (TPSA) is 110 Å². The minimum Gasteiger partial charge on any atom is -0.478 e. The fourth-order valence-corrected chi connectivity index (χ4v) is 2.72. The number of morpholine rings is 1. The molecule has 0 bridgehead atoms. The quantitative estimate of drug-likeness (QED) is 0.801. The molecule has 1 saturated heterocycles. The first-order valence-corrected chi connectivity index (χ1v) is 7.17. The highest BCUT2D eigenvalue weighted by Gasteiger charge is 2.22. The number of carboxylic acid groups (broad SMARTS) is 1. The van der Waals surface area contributed by atoms with Crippen molar-refractivity contribution >= 4 is 21.7 Å². The van der Waals surface area contributed by atoms with Crippen molar-refractivity contribution in [2.45, 2.75) is 4.90 Å². The highest BCUT2D eigenvalue weighted by atomic mass is 32.2. The molecule has 8 heteroatoms. The minimum absolute atomic E-state index is 0.110. The lowest BCUT2D eigenvalue weighted by Gasteiger charge is -2.30. The van der Waals surface area contributed by atoms with E-state index < -0.39 is 16.0 Å². The van der Waals surface area contributed by atoms with E-state index in [1.807, 2.05) is 4.90 Å². The molecule has 0 aromatic heterocycles. The van der Waals surface area contributed by atoms with Gasteiger partial charge in [0.15, 0.2) is 0 Å². The van der Waals surface area contributed by atoms with Gasteiger partial charge in [0.2, 0.25) is 10.0 Å². The van der Waals surface area contributed by atoms with Crippen LogP contribution < -0.4 is 10.0 Å². The zero-order valence-electron chi connectivity index (χ0n) is 10.1. The maximum atomic E-state index is 11.6. The van der Waals surface area contributed by atoms with Crippen molar-refractivity contribution in [1.29, 1.82) is 0 Å². The molecule has 19 heavy (non-hydrogen) atoms. The summed E-state index contributed by atoms with van der Waals surface area (Å²) in [5.74, 6) is -1.20. The van der Waals surface area contributed by atoms with Gasteiger partial charge in [-0.25, -0.2) is 18.4 Å². The predicted molar refractivity (Wildman–Crippen MR) is 67.8 cm³/mol. The van der Waals surface area contributed by atoms with Gasteiger partial charge >= 0.3 is 5.97 Å². The second-order valence-electron chi connectivity index (χ2n) is 4.13. The van der Waals surface area contributed by atoms with Crippen molar-refractivity contribution in [2.24, 2.45) is 5.14 Å². The van der Waals surface area contributed by atoms with E-state index in [2.05, 4.69) is 0 Å². The Kier molecular flexibility index (Phi) is 3.74. The normalized spacial score (nSPS) is 16.4. The maximum absolute atomic E-state index is 11.6. The molecule has 0 unspecified atom stereocenters. The molecule has 7 nitrogen and oxygen atoms in total. The Hall–Kier alpha value is -1.64. The SMILES string of the molecule is NS(=O)(=O)c1cc(C(=O)O)ccc1N1CCOCC1. The summed E-state index contributed by atoms with van der Waals surface area (Å²) in [6, 6.07) is 3.92. The second-order valence-corrected chi connectivity index (χ2v) is 5.66. The van der Waals surface area contributed by atoms with Crippen molar-refractivity contribution in [3.8, 4) is 0 Å². The number of aromatic carboxylic acids is 1. The molecular weight excluding hydrogens is 272 g/mol. The fraction of sp³-hybridized carbons (Fsp3) is 0.364. The summed E-state index contributed by atoms with van der Waals surface area (Å²) in [5, 5.41) is 14.1. The number of nitrogens with two attached hydrogens (primary N) is 1. The lowest BCUT2D eigenvalue weighted by Crippen LogP contribution is -2.37. The van der Waals surface area contributed by atoms with Crippen LogP contribution in [0.1, 0.15) is 10.4 Å². The lowest BCUT2D eigenvalue weighted by molar-refractivity contribution is 0.0696. The van der Waals surface area contributed by atoms with Crippen LogP contribution in [0.25, 0.3) is 0 Å². The van der Waals surface area contributed by atoms with Crippen LogP contribution in [0.4, 0.5) is 5.69 Å². The first kappa shape index (κ1) is 13.8. The summed E-state index contributed by atoms with van der Waals surface area (Å²) in [5.41, 5.74) is 0.303. The van der Waals surface area contributed by atoms with Gasteiger partial charge in [0.25, 0.3) is 0 Å². The number of rotatable bonds is 3. The van der Waals surface area contributed by atoms with E-state index in [-0.39, 0.29) is 10.5 Å². The van der Waals surface area contributed by atoms with Crippen LogP contribution in [0.15, 0.2) is 23.1 Å². The number of sulfonamides is 1. The van der Waals surface area contributed by atoms with E-state index in [1.54, 1.807) is 0 Å². The first-order valence-electron chi connectivity index (χ1n) is 5.62. The number of hydrogen-bond donors (Lipinski definition) is 2. The smallest absolute Gasteiger partial charge is 0.335 e. The summed E-state index contributed by atoms with van der Waals surface area (Å²) in [6.45, 7) is 2.05. The van der Waals surface area contributed by atoms with E-state index in [0.717, 1.165) is 6.07 Å². The maximum Gasteiger partial charge on any atom is 0.335 e. The van der Waals surface area contributed by atoms with Gasteiger partial charge in [0.1, 0.15) is 4.90 Å². The van der Waals surface area contributed by atoms with Gasteiger partial charge < -0.3 is 14.7 Å². The largest absolute Gasteiger partial charge is 0.478 e. The Morgan fingerprint density at radius 1 is 1.32 bits per heavy atom. The van der Waals surface area contributed by atoms with Crippen molar-refractivity contribution < 1.29 is 23.1 Å². The van der Waals surface area contributed by atoms with Crippen LogP contribution in [0.3, 0.4) is 0 Å². The number of nitrogens with zero attached hydrogens (tertiary/aromatic N) is 1. The third-order valence-electron chi connectivity index (χ3n) is 2.87. The lowest BCUT2D eigenvalue weighted by atomic mass is 10.2. The van der Waals surface area contributed by atoms with Gasteiger partial charge in [-0.1, -0.05) is 0 Å². The molecule has 1 aliphatic rings. The Balaban J connectivity index is 2.50. The number of carboxylic acids is 1. The van der Waals surface area contributed by atoms with E-state index in [1.165, 1.54) is 12.1 Å². The Labute approximate surface area is 110 Å². The van der Waals surface area contributed by atoms with Crippen LogP contribution in [0, 0.1) is 0 Å². The molecule has 1 fully saturated rings. The van der Waals surface area contributed by atoms with E-state index in [4.69, 9.17) is 15.0 Å². The monoisotopic (exact) mass is 286 g/mol. The molecular formula is C11H14N2O5S. The van der Waals surface area contributed by atoms with Crippen molar-refractivity contribution in [3.05, 3.63) is 23.8 Å². The van der Waals surface area contributed by atoms with Crippen LogP contribution in [0.5, 0.6) is 0 Å². The number of anilines is 1. The van der Waals surface area contributed by atoms with Crippen molar-refractivity contribution in [2.75, 3.05) is 31.2 Å². The average molecular weight is 286 g/mol. The zero-order chi connectivity index (χ0) is 14.0. The molecule has 104 valence electrons. The third-order valence-corrected chi connectivity index (χ3v) is 3.81. The standard InChI is InChI=1S/C11H14N2O5S/c12-19(16,17)10-7-8(11(14)15)1-2-9(10)13-3-5-18-6-4-13/h1-2,7H,3-6H2,(H,14,15)(H2,12,16,17). The van der Waals surface area contributed by atoms with Crippen LogP contribution in [-0.2, 0) is 14.8 Å². The first-order chi connectivity index (χ1) is 8.89. The number of benzene rings is 1. The number of carbonyl (C=O) groups is 1. The highest BCUT2D eigenvalue weighted by Crippen LogP contribution is 2.26. The Morgan fingerprint density at radius 2 is 1.95 bits per heavy atom. The molecule has 2 rings (SSSR count). The average Bonchev–Trinajstić information content (AvgIpc) is 2.38. The number of ether oxygens (including phenoxy) is 1. The van der Waals surface area contributed by atoms with Crippen molar-refractivity contribution in [3.63, 3.8) is 0 Å². The minimum atomic E-state index is -3.98. The third kappa shape index (κ3) is 3.03. The predicted octanol–water partition coefficient (Wildman–Crippen LogP) is -0.131. The summed E-state index contributed by atoms with van der Waals surface area (Å²) >= 11 is 0. The summed E-state index contributed by atoms with van der Waals surface area (Å²) in [7, 11) is -3.98. The molecule has 0 amide bonds. The zero-order valence-corrected chi connectivity index (χ0v) is 10.9. The molecule has 0 radical (unpaired) electrons. The highest BCUT2D eigenvalue weighted by molar-refractivity contribution is 7.89. The molecule has 1 aromatic carbocycles. The number of hydrogen-bond acceptors (Lipinski definition) is 5. The molecule has 1 aromatic rings. The second kappa shape index (κ2) is 5.16. The molecule has 0 atom stereocenters. The fourth-order valence-electron chi connectivity index (χ4n) is 1.94. The van der Waals surface area contributed by atoms with E-state index in [0.29, 0.717) is 32.0 Å². The van der Waals surface area contributed by atoms with Gasteiger partial charge in [0, 0.05) is 13.1 Å². The van der Waals surface area contributed by atoms with Gasteiger partial charge in [-0.3, -0.25) is 0 Å².